The van der Waals surface area contributed by atoms with Crippen LogP contribution >= 0.6 is 11.3 Å². The fourth-order valence-electron chi connectivity index (χ4n) is 1.67. The second-order valence-electron chi connectivity index (χ2n) is 3.61. The first-order valence-corrected chi connectivity index (χ1v) is 6.16. The predicted octanol–water partition coefficient (Wildman–Crippen LogP) is 0.507. The van der Waals surface area contributed by atoms with Crippen LogP contribution in [0.1, 0.15) is 12.1 Å². The number of carbonyl (C=O) groups is 1. The van der Waals surface area contributed by atoms with Gasteiger partial charge in [-0.05, 0) is 6.42 Å². The van der Waals surface area contributed by atoms with Crippen LogP contribution in [0.3, 0.4) is 0 Å². The number of hydrogen-bond donors (Lipinski definition) is 1. The highest BCUT2D eigenvalue weighted by atomic mass is 32.1. The summed E-state index contributed by atoms with van der Waals surface area (Å²) in [6, 6.07) is 0. The maximum Gasteiger partial charge on any atom is 0.223 e. The fourth-order valence-corrected chi connectivity index (χ4v) is 2.26. The number of piperazine rings is 1. The first-order valence-electron chi connectivity index (χ1n) is 5.22. The van der Waals surface area contributed by atoms with E-state index in [2.05, 4.69) is 10.3 Å². The minimum Gasteiger partial charge on any atom is -0.340 e. The largest absolute Gasteiger partial charge is 0.340 e. The van der Waals surface area contributed by atoms with Crippen molar-refractivity contribution in [3.8, 4) is 0 Å². The van der Waals surface area contributed by atoms with E-state index in [1.54, 1.807) is 11.3 Å². The van der Waals surface area contributed by atoms with Crippen molar-refractivity contribution in [3.05, 3.63) is 16.6 Å². The van der Waals surface area contributed by atoms with Gasteiger partial charge in [0.1, 0.15) is 0 Å². The third-order valence-electron chi connectivity index (χ3n) is 2.55. The van der Waals surface area contributed by atoms with Crippen molar-refractivity contribution < 1.29 is 4.79 Å². The number of aromatic nitrogens is 1. The Bertz CT molecular complexity index is 306. The van der Waals surface area contributed by atoms with E-state index in [-0.39, 0.29) is 5.91 Å². The summed E-state index contributed by atoms with van der Waals surface area (Å²) in [5.41, 5.74) is 2.84. The third-order valence-corrected chi connectivity index (χ3v) is 3.18. The van der Waals surface area contributed by atoms with Crippen molar-refractivity contribution in [2.75, 3.05) is 26.2 Å². The number of thiazole rings is 1. The molecule has 5 heteroatoms. The van der Waals surface area contributed by atoms with Crippen LogP contribution in [-0.2, 0) is 11.2 Å². The zero-order chi connectivity index (χ0) is 10.5. The van der Waals surface area contributed by atoms with Gasteiger partial charge in [-0.2, -0.15) is 0 Å². The number of carbonyl (C=O) groups excluding carboxylic acids is 1. The summed E-state index contributed by atoms with van der Waals surface area (Å²) in [6.45, 7) is 3.52. The lowest BCUT2D eigenvalue weighted by Crippen LogP contribution is -2.46. The molecule has 0 aliphatic carbocycles. The number of rotatable bonds is 3. The van der Waals surface area contributed by atoms with Gasteiger partial charge in [-0.25, -0.2) is 4.98 Å². The van der Waals surface area contributed by atoms with Crippen LogP contribution in [0, 0.1) is 0 Å². The Morgan fingerprint density at radius 3 is 3.00 bits per heavy atom. The third kappa shape index (κ3) is 3.00. The highest BCUT2D eigenvalue weighted by Crippen LogP contribution is 2.06. The molecular formula is C10H15N3OS. The smallest absolute Gasteiger partial charge is 0.223 e. The van der Waals surface area contributed by atoms with Crippen LogP contribution in [0.4, 0.5) is 0 Å². The zero-order valence-electron chi connectivity index (χ0n) is 8.61. The molecule has 1 aliphatic rings. The molecular weight excluding hydrogens is 210 g/mol. The van der Waals surface area contributed by atoms with E-state index in [0.717, 1.165) is 38.3 Å². The number of aryl methyl sites for hydroxylation is 1. The Kier molecular flexibility index (Phi) is 3.69. The summed E-state index contributed by atoms with van der Waals surface area (Å²) in [7, 11) is 0. The van der Waals surface area contributed by atoms with Gasteiger partial charge in [-0.15, -0.1) is 11.3 Å². The average molecular weight is 225 g/mol. The second-order valence-corrected chi connectivity index (χ2v) is 4.33. The van der Waals surface area contributed by atoms with Crippen molar-refractivity contribution >= 4 is 17.2 Å². The molecule has 0 aromatic carbocycles. The van der Waals surface area contributed by atoms with Gasteiger partial charge in [-0.3, -0.25) is 4.79 Å². The normalized spacial score (nSPS) is 16.7. The molecule has 0 unspecified atom stereocenters. The summed E-state index contributed by atoms with van der Waals surface area (Å²) in [5.74, 6) is 0.254. The molecule has 0 radical (unpaired) electrons. The molecule has 1 aliphatic heterocycles. The van der Waals surface area contributed by atoms with E-state index in [1.807, 2.05) is 15.8 Å². The van der Waals surface area contributed by atoms with E-state index in [0.29, 0.717) is 6.42 Å². The van der Waals surface area contributed by atoms with Crippen molar-refractivity contribution in [2.24, 2.45) is 0 Å². The lowest BCUT2D eigenvalue weighted by Gasteiger charge is -2.27. The summed E-state index contributed by atoms with van der Waals surface area (Å²) >= 11 is 1.58. The number of amides is 1. The van der Waals surface area contributed by atoms with Crippen molar-refractivity contribution in [1.29, 1.82) is 0 Å². The maximum absolute atomic E-state index is 11.8. The van der Waals surface area contributed by atoms with Crippen LogP contribution < -0.4 is 5.32 Å². The van der Waals surface area contributed by atoms with Crippen molar-refractivity contribution in [2.45, 2.75) is 12.8 Å². The molecule has 4 nitrogen and oxygen atoms in total. The number of nitrogens with zero attached hydrogens (tertiary/aromatic N) is 2. The first-order chi connectivity index (χ1) is 7.36. The van der Waals surface area contributed by atoms with Gasteiger partial charge in [0, 0.05) is 38.0 Å². The Morgan fingerprint density at radius 2 is 2.33 bits per heavy atom. The van der Waals surface area contributed by atoms with Crippen LogP contribution in [0.25, 0.3) is 0 Å². The van der Waals surface area contributed by atoms with Gasteiger partial charge < -0.3 is 10.2 Å². The molecule has 1 N–H and O–H groups in total. The first kappa shape index (κ1) is 10.6. The van der Waals surface area contributed by atoms with E-state index in [1.165, 1.54) is 0 Å². The number of hydrogen-bond acceptors (Lipinski definition) is 4. The highest BCUT2D eigenvalue weighted by Gasteiger charge is 2.15. The quantitative estimate of drug-likeness (QED) is 0.815. The summed E-state index contributed by atoms with van der Waals surface area (Å²) < 4.78 is 0. The maximum atomic E-state index is 11.8. The highest BCUT2D eigenvalue weighted by molar-refractivity contribution is 7.07. The van der Waals surface area contributed by atoms with E-state index in [9.17, 15) is 4.79 Å². The molecule has 0 spiro atoms. The second kappa shape index (κ2) is 5.23. The SMILES string of the molecule is O=C(CCc1cscn1)N1CCNCC1. The van der Waals surface area contributed by atoms with Crippen molar-refractivity contribution in [3.63, 3.8) is 0 Å². The minimum absolute atomic E-state index is 0.254. The van der Waals surface area contributed by atoms with Gasteiger partial charge in [0.25, 0.3) is 0 Å². The lowest BCUT2D eigenvalue weighted by molar-refractivity contribution is -0.131. The van der Waals surface area contributed by atoms with Crippen LogP contribution in [0.5, 0.6) is 0 Å². The minimum atomic E-state index is 0.254. The molecule has 82 valence electrons. The Hall–Kier alpha value is -0.940. The molecule has 0 saturated carbocycles. The average Bonchev–Trinajstić information content (AvgIpc) is 2.80. The van der Waals surface area contributed by atoms with Crippen molar-refractivity contribution in [1.82, 2.24) is 15.2 Å². The molecule has 1 amide bonds. The van der Waals surface area contributed by atoms with E-state index < -0.39 is 0 Å². The standard InChI is InChI=1S/C10H15N3OS/c14-10(13-5-3-11-4-6-13)2-1-9-7-15-8-12-9/h7-8,11H,1-6H2. The number of nitrogens with one attached hydrogen (secondary N) is 1. The topological polar surface area (TPSA) is 45.2 Å². The predicted molar refractivity (Wildman–Crippen MR) is 59.9 cm³/mol. The Labute approximate surface area is 93.3 Å². The summed E-state index contributed by atoms with van der Waals surface area (Å²) in [5, 5.41) is 5.24. The van der Waals surface area contributed by atoms with Crippen LogP contribution in [-0.4, -0.2) is 42.0 Å². The van der Waals surface area contributed by atoms with E-state index >= 15 is 0 Å². The van der Waals surface area contributed by atoms with Gasteiger partial charge in [0.15, 0.2) is 0 Å². The van der Waals surface area contributed by atoms with Crippen LogP contribution in [0.15, 0.2) is 10.9 Å². The zero-order valence-corrected chi connectivity index (χ0v) is 9.42. The lowest BCUT2D eigenvalue weighted by atomic mass is 10.2. The fraction of sp³-hybridized carbons (Fsp3) is 0.600. The molecule has 0 bridgehead atoms. The molecule has 15 heavy (non-hydrogen) atoms. The molecule has 1 aromatic heterocycles. The monoisotopic (exact) mass is 225 g/mol. The van der Waals surface area contributed by atoms with Crippen LogP contribution in [0.2, 0.25) is 0 Å². The molecule has 2 heterocycles. The molecule has 1 aromatic rings. The Morgan fingerprint density at radius 1 is 1.53 bits per heavy atom. The van der Waals surface area contributed by atoms with E-state index in [4.69, 9.17) is 0 Å². The van der Waals surface area contributed by atoms with Gasteiger partial charge in [0.05, 0.1) is 11.2 Å². The summed E-state index contributed by atoms with van der Waals surface area (Å²) in [6.07, 6.45) is 1.36. The summed E-state index contributed by atoms with van der Waals surface area (Å²) in [4.78, 5) is 17.9. The molecule has 1 fully saturated rings. The van der Waals surface area contributed by atoms with Gasteiger partial charge in [-0.1, -0.05) is 0 Å². The van der Waals surface area contributed by atoms with Gasteiger partial charge in [0.2, 0.25) is 5.91 Å². The Balaban J connectivity index is 1.76. The molecule has 2 rings (SSSR count). The van der Waals surface area contributed by atoms with Gasteiger partial charge >= 0.3 is 0 Å². The molecule has 0 atom stereocenters. The molecule has 1 saturated heterocycles.